The van der Waals surface area contributed by atoms with E-state index in [1.807, 2.05) is 6.07 Å². The first kappa shape index (κ1) is 19.8. The third kappa shape index (κ3) is 4.55. The fourth-order valence-corrected chi connectivity index (χ4v) is 3.88. The van der Waals surface area contributed by atoms with E-state index in [-0.39, 0.29) is 16.7 Å². The van der Waals surface area contributed by atoms with Crippen LogP contribution in [0.2, 0.25) is 0 Å². The predicted molar refractivity (Wildman–Crippen MR) is 101 cm³/mol. The van der Waals surface area contributed by atoms with Gasteiger partial charge in [0.15, 0.2) is 0 Å². The Labute approximate surface area is 152 Å². The van der Waals surface area contributed by atoms with Crippen molar-refractivity contribution in [1.29, 1.82) is 0 Å². The van der Waals surface area contributed by atoms with Crippen molar-refractivity contribution >= 4 is 5.97 Å². The van der Waals surface area contributed by atoms with E-state index in [2.05, 4.69) is 25.7 Å². The van der Waals surface area contributed by atoms with E-state index in [0.29, 0.717) is 5.92 Å². The molecule has 0 saturated carbocycles. The molecule has 140 valence electrons. The molecule has 1 saturated heterocycles. The molecule has 4 nitrogen and oxygen atoms in total. The van der Waals surface area contributed by atoms with Gasteiger partial charge >= 0.3 is 5.97 Å². The molecule has 4 heteroatoms. The highest BCUT2D eigenvalue weighted by atomic mass is 16.5. The lowest BCUT2D eigenvalue weighted by Crippen LogP contribution is -2.47. The number of benzene rings is 1. The summed E-state index contributed by atoms with van der Waals surface area (Å²) in [6.45, 7) is 10.2. The van der Waals surface area contributed by atoms with Crippen molar-refractivity contribution in [3.05, 3.63) is 29.3 Å². The van der Waals surface area contributed by atoms with Crippen LogP contribution in [-0.2, 0) is 10.2 Å². The lowest BCUT2D eigenvalue weighted by atomic mass is 9.68. The largest absolute Gasteiger partial charge is 0.507 e. The van der Waals surface area contributed by atoms with E-state index in [1.54, 1.807) is 12.1 Å². The molecule has 1 heterocycles. The van der Waals surface area contributed by atoms with Crippen LogP contribution in [-0.4, -0.2) is 42.7 Å². The van der Waals surface area contributed by atoms with Gasteiger partial charge in [-0.1, -0.05) is 46.1 Å². The number of nitrogens with zero attached hydrogens (tertiary/aromatic N) is 1. The van der Waals surface area contributed by atoms with Gasteiger partial charge in [-0.3, -0.25) is 0 Å². The zero-order chi connectivity index (χ0) is 18.4. The average molecular weight is 347 g/mol. The minimum atomic E-state index is -0.496. The number of piperidine rings is 1. The van der Waals surface area contributed by atoms with E-state index < -0.39 is 5.97 Å². The molecule has 1 aliphatic heterocycles. The second-order valence-electron chi connectivity index (χ2n) is 7.65. The Morgan fingerprint density at radius 2 is 2.12 bits per heavy atom. The van der Waals surface area contributed by atoms with Gasteiger partial charge in [0, 0.05) is 6.54 Å². The summed E-state index contributed by atoms with van der Waals surface area (Å²) >= 11 is 0. The molecule has 1 N–H and O–H groups in total. The van der Waals surface area contributed by atoms with Crippen molar-refractivity contribution in [1.82, 2.24) is 4.90 Å². The lowest BCUT2D eigenvalue weighted by molar-refractivity contribution is 0.0597. The number of phenolic OH excluding ortho intramolecular Hbond substituents is 1. The number of phenols is 1. The van der Waals surface area contributed by atoms with Crippen molar-refractivity contribution in [2.24, 2.45) is 5.92 Å². The number of likely N-dealkylation sites (tertiary alicyclic amines) is 1. The summed E-state index contributed by atoms with van der Waals surface area (Å²) in [5.74, 6) is 0.0136. The smallest absolute Gasteiger partial charge is 0.341 e. The van der Waals surface area contributed by atoms with Crippen LogP contribution in [0.5, 0.6) is 5.75 Å². The number of rotatable bonds is 7. The maximum atomic E-state index is 11.7. The molecule has 0 unspecified atom stereocenters. The Morgan fingerprint density at radius 3 is 2.72 bits per heavy atom. The fraction of sp³-hybridized carbons (Fsp3) is 0.667. The standard InChI is InChI=1S/C21H33NO3/c1-5-6-7-8-12-22-13-11-21(3,16(2)15-22)17-9-10-18(19(23)14-17)20(24)25-4/h9-10,14,16,23H,5-8,11-13,15H2,1-4H3/t16-,21-/m0/s1. The van der Waals surface area contributed by atoms with Gasteiger partial charge in [0.1, 0.15) is 11.3 Å². The summed E-state index contributed by atoms with van der Waals surface area (Å²) < 4.78 is 4.71. The van der Waals surface area contributed by atoms with E-state index >= 15 is 0 Å². The van der Waals surface area contributed by atoms with Gasteiger partial charge in [-0.25, -0.2) is 4.79 Å². The van der Waals surface area contributed by atoms with E-state index in [1.165, 1.54) is 39.3 Å². The molecular weight excluding hydrogens is 314 g/mol. The molecule has 0 radical (unpaired) electrons. The van der Waals surface area contributed by atoms with Gasteiger partial charge in [0.2, 0.25) is 0 Å². The number of esters is 1. The summed E-state index contributed by atoms with van der Waals surface area (Å²) in [7, 11) is 1.33. The number of unbranched alkanes of at least 4 members (excludes halogenated alkanes) is 3. The Bertz CT molecular complexity index is 587. The first-order chi connectivity index (χ1) is 11.9. The maximum Gasteiger partial charge on any atom is 0.341 e. The number of ether oxygens (including phenoxy) is 1. The van der Waals surface area contributed by atoms with Gasteiger partial charge in [-0.15, -0.1) is 0 Å². The predicted octanol–water partition coefficient (Wildman–Crippen LogP) is 4.36. The molecule has 1 fully saturated rings. The van der Waals surface area contributed by atoms with Crippen LogP contribution in [0, 0.1) is 5.92 Å². The second kappa shape index (κ2) is 8.70. The minimum absolute atomic E-state index is 0.0137. The number of methoxy groups -OCH3 is 1. The third-order valence-electron chi connectivity index (χ3n) is 5.96. The van der Waals surface area contributed by atoms with Crippen molar-refractivity contribution in [2.45, 2.75) is 58.3 Å². The van der Waals surface area contributed by atoms with Gasteiger partial charge in [-0.05, 0) is 55.0 Å². The number of hydrogen-bond acceptors (Lipinski definition) is 4. The SMILES string of the molecule is CCCCCCN1CC[C@](C)(c2ccc(C(=O)OC)c(O)c2)[C@@H](C)C1. The first-order valence-electron chi connectivity index (χ1n) is 9.56. The van der Waals surface area contributed by atoms with E-state index in [4.69, 9.17) is 4.74 Å². The third-order valence-corrected chi connectivity index (χ3v) is 5.96. The summed E-state index contributed by atoms with van der Waals surface area (Å²) in [5.41, 5.74) is 1.36. The Balaban J connectivity index is 2.04. The highest BCUT2D eigenvalue weighted by Gasteiger charge is 2.38. The average Bonchev–Trinajstić information content (AvgIpc) is 2.61. The van der Waals surface area contributed by atoms with Crippen LogP contribution in [0.25, 0.3) is 0 Å². The van der Waals surface area contributed by atoms with Crippen molar-refractivity contribution < 1.29 is 14.6 Å². The molecule has 2 atom stereocenters. The molecule has 0 aromatic heterocycles. The van der Waals surface area contributed by atoms with Crippen molar-refractivity contribution in [2.75, 3.05) is 26.7 Å². The van der Waals surface area contributed by atoms with Crippen LogP contribution in [0.3, 0.4) is 0 Å². The molecule has 0 amide bonds. The quantitative estimate of drug-likeness (QED) is 0.588. The molecule has 0 aliphatic carbocycles. The van der Waals surface area contributed by atoms with Crippen LogP contribution >= 0.6 is 0 Å². The van der Waals surface area contributed by atoms with Crippen LogP contribution in [0.1, 0.15) is 68.8 Å². The minimum Gasteiger partial charge on any atom is -0.507 e. The van der Waals surface area contributed by atoms with Crippen molar-refractivity contribution in [3.63, 3.8) is 0 Å². The topological polar surface area (TPSA) is 49.8 Å². The van der Waals surface area contributed by atoms with Crippen LogP contribution < -0.4 is 0 Å². The maximum absolute atomic E-state index is 11.7. The lowest BCUT2D eigenvalue weighted by Gasteiger charge is -2.45. The molecule has 0 bridgehead atoms. The monoisotopic (exact) mass is 347 g/mol. The summed E-state index contributed by atoms with van der Waals surface area (Å²) in [4.78, 5) is 14.2. The second-order valence-corrected chi connectivity index (χ2v) is 7.65. The van der Waals surface area contributed by atoms with E-state index in [9.17, 15) is 9.90 Å². The first-order valence-corrected chi connectivity index (χ1v) is 9.56. The van der Waals surface area contributed by atoms with Crippen LogP contribution in [0.15, 0.2) is 18.2 Å². The van der Waals surface area contributed by atoms with Crippen molar-refractivity contribution in [3.8, 4) is 5.75 Å². The van der Waals surface area contributed by atoms with Crippen LogP contribution in [0.4, 0.5) is 0 Å². The zero-order valence-electron chi connectivity index (χ0n) is 16.2. The molecule has 1 aromatic carbocycles. The number of carbonyl (C=O) groups is 1. The molecule has 1 aromatic rings. The highest BCUT2D eigenvalue weighted by Crippen LogP contribution is 2.41. The number of hydrogen-bond donors (Lipinski definition) is 1. The van der Waals surface area contributed by atoms with Gasteiger partial charge < -0.3 is 14.7 Å². The normalized spacial score (nSPS) is 24.2. The molecular formula is C21H33NO3. The Morgan fingerprint density at radius 1 is 1.36 bits per heavy atom. The summed E-state index contributed by atoms with van der Waals surface area (Å²) in [5, 5.41) is 10.2. The molecule has 2 rings (SSSR count). The summed E-state index contributed by atoms with van der Waals surface area (Å²) in [6, 6.07) is 5.41. The highest BCUT2D eigenvalue weighted by molar-refractivity contribution is 5.92. The zero-order valence-corrected chi connectivity index (χ0v) is 16.2. The number of carbonyl (C=O) groups excluding carboxylic acids is 1. The Kier molecular flexibility index (Phi) is 6.88. The summed E-state index contributed by atoms with van der Waals surface area (Å²) in [6.07, 6.45) is 6.28. The van der Waals surface area contributed by atoms with Gasteiger partial charge in [0.05, 0.1) is 7.11 Å². The number of aromatic hydroxyl groups is 1. The molecule has 25 heavy (non-hydrogen) atoms. The molecule has 1 aliphatic rings. The fourth-order valence-electron chi connectivity index (χ4n) is 3.88. The van der Waals surface area contributed by atoms with Gasteiger partial charge in [0.25, 0.3) is 0 Å². The molecule has 0 spiro atoms. The van der Waals surface area contributed by atoms with E-state index in [0.717, 1.165) is 25.1 Å². The van der Waals surface area contributed by atoms with Gasteiger partial charge in [-0.2, -0.15) is 0 Å². The Hall–Kier alpha value is -1.55.